The number of hydrogen-bond acceptors (Lipinski definition) is 8. The fraction of sp³-hybridized carbons (Fsp3) is 0.250. The van der Waals surface area contributed by atoms with Crippen LogP contribution in [0.2, 0.25) is 0 Å². The maximum Gasteiger partial charge on any atom is 0.373 e. The van der Waals surface area contributed by atoms with E-state index < -0.39 is 17.1 Å². The molecule has 3 rings (SSSR count). The molecule has 1 saturated heterocycles. The van der Waals surface area contributed by atoms with Crippen molar-refractivity contribution >= 4 is 50.9 Å². The van der Waals surface area contributed by atoms with Crippen LogP contribution in [0.15, 0.2) is 38.1 Å². The lowest BCUT2D eigenvalue weighted by Gasteiger charge is -2.12. The van der Waals surface area contributed by atoms with Gasteiger partial charge in [-0.15, -0.1) is 0 Å². The number of amides is 2. The van der Waals surface area contributed by atoms with Crippen molar-refractivity contribution in [1.29, 1.82) is 0 Å². The maximum atomic E-state index is 12.8. The Hall–Kier alpha value is -2.72. The summed E-state index contributed by atoms with van der Waals surface area (Å²) in [7, 11) is 2.77. The summed E-state index contributed by atoms with van der Waals surface area (Å²) >= 11 is 4.27. The van der Waals surface area contributed by atoms with Gasteiger partial charge in [-0.3, -0.25) is 14.5 Å². The largest absolute Gasteiger partial charge is 0.493 e. The predicted molar refractivity (Wildman–Crippen MR) is 113 cm³/mol. The first kappa shape index (κ1) is 22.0. The highest BCUT2D eigenvalue weighted by Gasteiger charge is 2.36. The number of thioether (sulfide) groups is 1. The van der Waals surface area contributed by atoms with Crippen LogP contribution in [-0.2, 0) is 16.1 Å². The Morgan fingerprint density at radius 2 is 2.00 bits per heavy atom. The second-order valence-electron chi connectivity index (χ2n) is 5.98. The van der Waals surface area contributed by atoms with Crippen LogP contribution in [0.4, 0.5) is 4.79 Å². The van der Waals surface area contributed by atoms with Crippen molar-refractivity contribution in [2.75, 3.05) is 20.8 Å². The van der Waals surface area contributed by atoms with Crippen molar-refractivity contribution in [1.82, 2.24) is 4.90 Å². The monoisotopic (exact) mass is 495 g/mol. The van der Waals surface area contributed by atoms with E-state index in [9.17, 15) is 14.4 Å². The smallest absolute Gasteiger partial charge is 0.373 e. The third kappa shape index (κ3) is 4.54. The van der Waals surface area contributed by atoms with Gasteiger partial charge in [-0.25, -0.2) is 4.79 Å². The molecule has 2 heterocycles. The minimum absolute atomic E-state index is 0.000584. The Kier molecular flexibility index (Phi) is 6.88. The summed E-state index contributed by atoms with van der Waals surface area (Å²) < 4.78 is 21.5. The number of ether oxygens (including phenoxy) is 3. The number of rotatable bonds is 7. The lowest BCUT2D eigenvalue weighted by molar-refractivity contribution is -0.123. The third-order valence-electron chi connectivity index (χ3n) is 4.11. The molecule has 1 aliphatic heterocycles. The van der Waals surface area contributed by atoms with Crippen molar-refractivity contribution in [2.45, 2.75) is 13.5 Å². The molecule has 0 saturated carbocycles. The number of carbonyl (C=O) groups excluding carboxylic acids is 3. The SMILES string of the molecule is CCOc1cc(/C=C2/SC(=O)N(Cc3ccc(C(=O)OC)o3)C2=O)c(Br)cc1OC. The van der Waals surface area contributed by atoms with Crippen molar-refractivity contribution in [3.63, 3.8) is 0 Å². The van der Waals surface area contributed by atoms with Gasteiger partial charge in [0.05, 0.1) is 32.3 Å². The highest BCUT2D eigenvalue weighted by molar-refractivity contribution is 9.10. The Morgan fingerprint density at radius 1 is 1.23 bits per heavy atom. The van der Waals surface area contributed by atoms with Crippen LogP contribution in [0.3, 0.4) is 0 Å². The molecule has 1 aliphatic rings. The number of hydrogen-bond donors (Lipinski definition) is 0. The van der Waals surface area contributed by atoms with Gasteiger partial charge in [0.1, 0.15) is 5.76 Å². The minimum atomic E-state index is -0.634. The lowest BCUT2D eigenvalue weighted by Crippen LogP contribution is -2.27. The van der Waals surface area contributed by atoms with Gasteiger partial charge in [-0.2, -0.15) is 0 Å². The standard InChI is InChI=1S/C20H18BrNO7S/c1-4-28-16-7-11(13(21)9-15(16)26-2)8-17-18(23)22(20(25)30-17)10-12-5-6-14(29-12)19(24)27-3/h5-9H,4,10H2,1-3H3/b17-8+. The van der Waals surface area contributed by atoms with Crippen molar-refractivity contribution in [2.24, 2.45) is 0 Å². The summed E-state index contributed by atoms with van der Waals surface area (Å²) in [5, 5.41) is -0.433. The average Bonchev–Trinajstić information content (AvgIpc) is 3.30. The summed E-state index contributed by atoms with van der Waals surface area (Å²) in [5.41, 5.74) is 0.663. The van der Waals surface area contributed by atoms with E-state index in [4.69, 9.17) is 13.9 Å². The second-order valence-corrected chi connectivity index (χ2v) is 7.83. The number of furan rings is 1. The van der Waals surface area contributed by atoms with Gasteiger partial charge in [-0.05, 0) is 54.6 Å². The number of halogens is 1. The van der Waals surface area contributed by atoms with E-state index in [1.54, 1.807) is 18.2 Å². The van der Waals surface area contributed by atoms with Crippen LogP contribution < -0.4 is 9.47 Å². The molecule has 0 N–H and O–H groups in total. The Morgan fingerprint density at radius 3 is 2.67 bits per heavy atom. The minimum Gasteiger partial charge on any atom is -0.493 e. The number of carbonyl (C=O) groups is 3. The van der Waals surface area contributed by atoms with Gasteiger partial charge in [0.25, 0.3) is 11.1 Å². The zero-order valence-electron chi connectivity index (χ0n) is 16.4. The average molecular weight is 496 g/mol. The topological polar surface area (TPSA) is 95.3 Å². The number of imide groups is 1. The van der Waals surface area contributed by atoms with E-state index in [1.807, 2.05) is 6.92 Å². The molecule has 1 fully saturated rings. The summed E-state index contributed by atoms with van der Waals surface area (Å²) in [4.78, 5) is 38.0. The van der Waals surface area contributed by atoms with Crippen LogP contribution in [0.1, 0.15) is 28.8 Å². The quantitative estimate of drug-likeness (QED) is 0.409. The number of benzene rings is 1. The van der Waals surface area contributed by atoms with Crippen LogP contribution in [0.25, 0.3) is 6.08 Å². The van der Waals surface area contributed by atoms with E-state index in [1.165, 1.54) is 26.4 Å². The zero-order valence-corrected chi connectivity index (χ0v) is 18.8. The molecule has 30 heavy (non-hydrogen) atoms. The van der Waals surface area contributed by atoms with Gasteiger partial charge in [0.15, 0.2) is 11.5 Å². The van der Waals surface area contributed by atoms with Crippen LogP contribution in [0.5, 0.6) is 11.5 Å². The van der Waals surface area contributed by atoms with Gasteiger partial charge in [0.2, 0.25) is 5.76 Å². The lowest BCUT2D eigenvalue weighted by atomic mass is 10.2. The molecule has 0 radical (unpaired) electrons. The second kappa shape index (κ2) is 9.40. The summed E-state index contributed by atoms with van der Waals surface area (Å²) in [6.07, 6.45) is 1.61. The van der Waals surface area contributed by atoms with Crippen LogP contribution in [-0.4, -0.2) is 42.8 Å². The molecular formula is C20H18BrNO7S. The number of methoxy groups -OCH3 is 2. The molecule has 0 aliphatic carbocycles. The van der Waals surface area contributed by atoms with Crippen molar-refractivity contribution in [3.8, 4) is 11.5 Å². The molecule has 8 nitrogen and oxygen atoms in total. The van der Waals surface area contributed by atoms with Gasteiger partial charge >= 0.3 is 5.97 Å². The van der Waals surface area contributed by atoms with Crippen LogP contribution >= 0.6 is 27.7 Å². The van der Waals surface area contributed by atoms with Crippen molar-refractivity contribution < 1.29 is 33.0 Å². The molecule has 2 amide bonds. The van der Waals surface area contributed by atoms with E-state index >= 15 is 0 Å². The molecule has 158 valence electrons. The molecule has 0 atom stereocenters. The molecular weight excluding hydrogens is 478 g/mol. The number of esters is 1. The zero-order chi connectivity index (χ0) is 21.8. The predicted octanol–water partition coefficient (Wildman–Crippen LogP) is 4.47. The van der Waals surface area contributed by atoms with Gasteiger partial charge in [0, 0.05) is 4.47 Å². The first-order valence-corrected chi connectivity index (χ1v) is 10.4. The molecule has 1 aromatic carbocycles. The first-order chi connectivity index (χ1) is 14.4. The summed E-state index contributed by atoms with van der Waals surface area (Å²) in [5.74, 6) is 0.281. The van der Waals surface area contributed by atoms with E-state index in [0.717, 1.165) is 16.7 Å². The van der Waals surface area contributed by atoms with Crippen LogP contribution in [0, 0.1) is 0 Å². The number of nitrogens with zero attached hydrogens (tertiary/aromatic N) is 1. The summed E-state index contributed by atoms with van der Waals surface area (Å²) in [6.45, 7) is 2.21. The first-order valence-electron chi connectivity index (χ1n) is 8.80. The highest BCUT2D eigenvalue weighted by Crippen LogP contribution is 2.38. The molecule has 0 bridgehead atoms. The maximum absolute atomic E-state index is 12.8. The van der Waals surface area contributed by atoms with E-state index in [0.29, 0.717) is 33.9 Å². The molecule has 1 aromatic heterocycles. The Labute approximate surface area is 185 Å². The fourth-order valence-corrected chi connectivity index (χ4v) is 3.96. The van der Waals surface area contributed by atoms with Crippen molar-refractivity contribution in [3.05, 3.63) is 50.7 Å². The van der Waals surface area contributed by atoms with Gasteiger partial charge < -0.3 is 18.6 Å². The third-order valence-corrected chi connectivity index (χ3v) is 5.70. The van der Waals surface area contributed by atoms with E-state index in [2.05, 4.69) is 20.7 Å². The molecule has 2 aromatic rings. The molecule has 10 heteroatoms. The van der Waals surface area contributed by atoms with E-state index in [-0.39, 0.29) is 17.2 Å². The van der Waals surface area contributed by atoms with Gasteiger partial charge in [-0.1, -0.05) is 15.9 Å². The normalized spacial score (nSPS) is 15.1. The fourth-order valence-electron chi connectivity index (χ4n) is 2.70. The summed E-state index contributed by atoms with van der Waals surface area (Å²) in [6, 6.07) is 6.42. The Balaban J connectivity index is 1.83. The molecule has 0 unspecified atom stereocenters. The Bertz CT molecular complexity index is 1030. The molecule has 0 spiro atoms. The highest BCUT2D eigenvalue weighted by atomic mass is 79.9.